The maximum absolute atomic E-state index is 5.73. The van der Waals surface area contributed by atoms with Gasteiger partial charge in [-0.1, -0.05) is 15.9 Å². The molecule has 0 saturated carbocycles. The summed E-state index contributed by atoms with van der Waals surface area (Å²) in [5.41, 5.74) is 1.22. The molecule has 0 spiro atoms. The molecule has 1 heterocycles. The Morgan fingerprint density at radius 1 is 1.27 bits per heavy atom. The zero-order valence-corrected chi connectivity index (χ0v) is 10.8. The van der Waals surface area contributed by atoms with Gasteiger partial charge < -0.3 is 4.74 Å². The zero-order chi connectivity index (χ0) is 11.1. The molecule has 0 amide bonds. The van der Waals surface area contributed by atoms with Gasteiger partial charge in [-0.3, -0.25) is 0 Å². The minimum absolute atomic E-state index is 0.0857. The van der Waals surface area contributed by atoms with Crippen molar-refractivity contribution in [2.75, 3.05) is 13.7 Å². The van der Waals surface area contributed by atoms with Gasteiger partial charge in [-0.2, -0.15) is 4.58 Å². The quantitative estimate of drug-likeness (QED) is 0.714. The molecule has 80 valence electrons. The van der Waals surface area contributed by atoms with E-state index < -0.39 is 0 Å². The minimum Gasteiger partial charge on any atom is -0.437 e. The Morgan fingerprint density at radius 2 is 1.87 bits per heavy atom. The summed E-state index contributed by atoms with van der Waals surface area (Å²) in [5, 5.41) is 0. The fourth-order valence-corrected chi connectivity index (χ4v) is 1.85. The molecule has 0 N–H and O–H groups in total. The molecule has 1 aliphatic rings. The molecule has 0 aliphatic carbocycles. The lowest BCUT2D eigenvalue weighted by atomic mass is 10.1. The maximum atomic E-state index is 5.73. The molecular weight excluding hydrogens is 254 g/mol. The number of hydrogen-bond acceptors (Lipinski definition) is 1. The van der Waals surface area contributed by atoms with Crippen molar-refractivity contribution >= 4 is 21.8 Å². The van der Waals surface area contributed by atoms with Crippen molar-refractivity contribution in [1.82, 2.24) is 0 Å². The highest BCUT2D eigenvalue weighted by atomic mass is 79.9. The van der Waals surface area contributed by atoms with E-state index in [9.17, 15) is 0 Å². The topological polar surface area (TPSA) is 12.2 Å². The Hall–Kier alpha value is -0.830. The molecule has 0 bridgehead atoms. The van der Waals surface area contributed by atoms with Crippen molar-refractivity contribution in [3.63, 3.8) is 0 Å². The fraction of sp³-hybridized carbons (Fsp3) is 0.417. The summed E-state index contributed by atoms with van der Waals surface area (Å²) in [4.78, 5) is 0. The number of ether oxygens (including phenoxy) is 1. The second-order valence-corrected chi connectivity index (χ2v) is 5.39. The van der Waals surface area contributed by atoms with Crippen LogP contribution in [0, 0.1) is 0 Å². The average molecular weight is 269 g/mol. The van der Waals surface area contributed by atoms with Crippen molar-refractivity contribution in [3.8, 4) is 0 Å². The number of likely N-dealkylation sites (N-methyl/N-ethyl adjacent to an activating group) is 1. The molecule has 0 fully saturated rings. The number of rotatable bonds is 1. The molecule has 2 nitrogen and oxygen atoms in total. The van der Waals surface area contributed by atoms with Crippen LogP contribution in [0.4, 0.5) is 0 Å². The third-order valence-corrected chi connectivity index (χ3v) is 3.39. The van der Waals surface area contributed by atoms with Crippen LogP contribution in [0.15, 0.2) is 28.7 Å². The molecule has 0 aromatic heterocycles. The lowest BCUT2D eigenvalue weighted by molar-refractivity contribution is -0.562. The van der Waals surface area contributed by atoms with Gasteiger partial charge in [0.25, 0.3) is 0 Å². The van der Waals surface area contributed by atoms with E-state index in [1.807, 2.05) is 12.1 Å². The van der Waals surface area contributed by atoms with E-state index in [4.69, 9.17) is 4.74 Å². The van der Waals surface area contributed by atoms with Gasteiger partial charge in [-0.15, -0.1) is 0 Å². The van der Waals surface area contributed by atoms with Gasteiger partial charge in [0.05, 0.1) is 5.56 Å². The van der Waals surface area contributed by atoms with E-state index in [0.717, 1.165) is 22.5 Å². The first-order chi connectivity index (χ1) is 7.00. The molecule has 15 heavy (non-hydrogen) atoms. The highest BCUT2D eigenvalue weighted by Gasteiger charge is 2.39. The van der Waals surface area contributed by atoms with Crippen LogP contribution in [0.25, 0.3) is 0 Å². The molecule has 1 aromatic carbocycles. The Bertz CT molecular complexity index is 406. The lowest BCUT2D eigenvalue weighted by Crippen LogP contribution is -2.33. The van der Waals surface area contributed by atoms with Crippen LogP contribution in [0.2, 0.25) is 0 Å². The summed E-state index contributed by atoms with van der Waals surface area (Å²) in [6.45, 7) is 5.10. The molecule has 3 heteroatoms. The monoisotopic (exact) mass is 268 g/mol. The number of hydrogen-bond donors (Lipinski definition) is 0. The zero-order valence-electron chi connectivity index (χ0n) is 9.25. The maximum Gasteiger partial charge on any atom is 0.370 e. The van der Waals surface area contributed by atoms with Crippen LogP contribution in [-0.2, 0) is 4.74 Å². The van der Waals surface area contributed by atoms with E-state index in [2.05, 4.69) is 53.5 Å². The van der Waals surface area contributed by atoms with E-state index in [1.165, 1.54) is 0 Å². The second-order valence-electron chi connectivity index (χ2n) is 4.47. The summed E-state index contributed by atoms with van der Waals surface area (Å²) in [6, 6.07) is 8.20. The van der Waals surface area contributed by atoms with Crippen LogP contribution >= 0.6 is 15.9 Å². The van der Waals surface area contributed by atoms with Crippen molar-refractivity contribution in [2.45, 2.75) is 19.4 Å². The third kappa shape index (κ3) is 1.93. The largest absolute Gasteiger partial charge is 0.437 e. The summed E-state index contributed by atoms with van der Waals surface area (Å²) in [6.07, 6.45) is 0. The molecule has 1 aromatic rings. The van der Waals surface area contributed by atoms with E-state index in [0.29, 0.717) is 0 Å². The normalized spacial score (nSPS) is 19.2. The minimum atomic E-state index is 0.0857. The van der Waals surface area contributed by atoms with Gasteiger partial charge in [-0.05, 0) is 24.3 Å². The highest BCUT2D eigenvalue weighted by molar-refractivity contribution is 9.10. The van der Waals surface area contributed by atoms with Crippen LogP contribution in [0.1, 0.15) is 19.4 Å². The number of nitrogens with zero attached hydrogens (tertiary/aromatic N) is 1. The van der Waals surface area contributed by atoms with Crippen LogP contribution in [-0.4, -0.2) is 29.7 Å². The molecule has 0 atom stereocenters. The first-order valence-corrected chi connectivity index (χ1v) is 5.79. The first-order valence-electron chi connectivity index (χ1n) is 5.00. The van der Waals surface area contributed by atoms with E-state index >= 15 is 0 Å². The Balaban J connectivity index is 2.41. The third-order valence-electron chi connectivity index (χ3n) is 2.87. The molecular formula is C12H15BrNO+. The van der Waals surface area contributed by atoms with Gasteiger partial charge in [0.2, 0.25) is 0 Å². The van der Waals surface area contributed by atoms with Crippen LogP contribution in [0.3, 0.4) is 0 Å². The SMILES string of the molecule is C[N+]1=C(c2ccc(Br)cc2)OCC1(C)C. The summed E-state index contributed by atoms with van der Waals surface area (Å²) in [5.74, 6) is 0.965. The summed E-state index contributed by atoms with van der Waals surface area (Å²) >= 11 is 3.43. The van der Waals surface area contributed by atoms with Crippen molar-refractivity contribution in [1.29, 1.82) is 0 Å². The summed E-state index contributed by atoms with van der Waals surface area (Å²) < 4.78 is 9.01. The molecule has 0 saturated heterocycles. The van der Waals surface area contributed by atoms with Crippen molar-refractivity contribution in [3.05, 3.63) is 34.3 Å². The fourth-order valence-electron chi connectivity index (χ4n) is 1.58. The predicted molar refractivity (Wildman–Crippen MR) is 64.5 cm³/mol. The highest BCUT2D eigenvalue weighted by Crippen LogP contribution is 2.20. The lowest BCUT2D eigenvalue weighted by Gasteiger charge is -2.09. The first kappa shape index (κ1) is 10.7. The van der Waals surface area contributed by atoms with Gasteiger partial charge in [0, 0.05) is 18.3 Å². The Morgan fingerprint density at radius 3 is 2.33 bits per heavy atom. The number of halogens is 1. The molecule has 0 unspecified atom stereocenters. The standard InChI is InChI=1S/C12H15BrNO/c1-12(2)8-15-11(14(12)3)9-4-6-10(13)7-5-9/h4-7H,8H2,1-3H3/q+1. The van der Waals surface area contributed by atoms with Crippen molar-refractivity contribution < 1.29 is 9.31 Å². The Labute approximate surface area is 98.7 Å². The number of benzene rings is 1. The smallest absolute Gasteiger partial charge is 0.370 e. The average Bonchev–Trinajstić information content (AvgIpc) is 2.45. The molecule has 2 rings (SSSR count). The van der Waals surface area contributed by atoms with E-state index in [1.54, 1.807) is 0 Å². The van der Waals surface area contributed by atoms with Crippen molar-refractivity contribution in [2.24, 2.45) is 0 Å². The Kier molecular flexibility index (Phi) is 2.59. The predicted octanol–water partition coefficient (Wildman–Crippen LogP) is 2.65. The van der Waals surface area contributed by atoms with Gasteiger partial charge in [0.15, 0.2) is 12.1 Å². The van der Waals surface area contributed by atoms with Crippen LogP contribution in [0.5, 0.6) is 0 Å². The van der Waals surface area contributed by atoms with Gasteiger partial charge in [0.1, 0.15) is 7.05 Å². The second kappa shape index (κ2) is 3.63. The van der Waals surface area contributed by atoms with Gasteiger partial charge in [-0.25, -0.2) is 0 Å². The molecule has 0 radical (unpaired) electrons. The van der Waals surface area contributed by atoms with Gasteiger partial charge >= 0.3 is 5.90 Å². The molecule has 1 aliphatic heterocycles. The van der Waals surface area contributed by atoms with E-state index in [-0.39, 0.29) is 5.54 Å². The summed E-state index contributed by atoms with van der Waals surface area (Å²) in [7, 11) is 2.07. The van der Waals surface area contributed by atoms with Crippen LogP contribution < -0.4 is 0 Å².